The van der Waals surface area contributed by atoms with Gasteiger partial charge in [-0.2, -0.15) is 0 Å². The highest BCUT2D eigenvalue weighted by Crippen LogP contribution is 2.11. The normalized spacial score (nSPS) is 14.5. The van der Waals surface area contributed by atoms with Crippen LogP contribution in [0.5, 0.6) is 0 Å². The zero-order valence-corrected chi connectivity index (χ0v) is 10.6. The molecule has 2 N–H and O–H groups in total. The van der Waals surface area contributed by atoms with Crippen LogP contribution in [0.2, 0.25) is 0 Å². The molecule has 6 heteroatoms. The molecule has 0 saturated heterocycles. The number of hydrogen-bond donors (Lipinski definition) is 2. The van der Waals surface area contributed by atoms with Gasteiger partial charge in [0.25, 0.3) is 0 Å². The van der Waals surface area contributed by atoms with Gasteiger partial charge in [0.2, 0.25) is 5.91 Å². The summed E-state index contributed by atoms with van der Waals surface area (Å²) in [6.07, 6.45) is 0. The standard InChI is InChI=1S/C9H16BrNO4/c1-5(2)7(10)8(13)11-6(4-12)9(14)15-3/h5-7,12H,4H2,1-3H3,(H,11,13). The van der Waals surface area contributed by atoms with Crippen molar-refractivity contribution in [3.63, 3.8) is 0 Å². The molecule has 0 spiro atoms. The van der Waals surface area contributed by atoms with Gasteiger partial charge in [-0.15, -0.1) is 0 Å². The van der Waals surface area contributed by atoms with Crippen molar-refractivity contribution in [1.29, 1.82) is 0 Å². The third-order valence-corrected chi connectivity index (χ3v) is 3.29. The maximum atomic E-state index is 11.5. The van der Waals surface area contributed by atoms with Gasteiger partial charge in [0.1, 0.15) is 0 Å². The summed E-state index contributed by atoms with van der Waals surface area (Å²) in [6, 6.07) is -0.999. The molecular formula is C9H16BrNO4. The molecule has 5 nitrogen and oxygen atoms in total. The van der Waals surface area contributed by atoms with Crippen molar-refractivity contribution in [3.8, 4) is 0 Å². The number of hydrogen-bond acceptors (Lipinski definition) is 4. The second kappa shape index (κ2) is 6.79. The molecule has 2 atom stereocenters. The van der Waals surface area contributed by atoms with Crippen molar-refractivity contribution in [2.45, 2.75) is 24.7 Å². The van der Waals surface area contributed by atoms with Gasteiger partial charge >= 0.3 is 5.97 Å². The highest BCUT2D eigenvalue weighted by atomic mass is 79.9. The quantitative estimate of drug-likeness (QED) is 0.552. The minimum Gasteiger partial charge on any atom is -0.467 e. The smallest absolute Gasteiger partial charge is 0.330 e. The number of aliphatic hydroxyl groups is 1. The lowest BCUT2D eigenvalue weighted by Crippen LogP contribution is -2.47. The molecule has 88 valence electrons. The average molecular weight is 282 g/mol. The fraction of sp³-hybridized carbons (Fsp3) is 0.778. The highest BCUT2D eigenvalue weighted by Gasteiger charge is 2.25. The van der Waals surface area contributed by atoms with Gasteiger partial charge < -0.3 is 15.2 Å². The Hall–Kier alpha value is -0.620. The predicted molar refractivity (Wildman–Crippen MR) is 58.6 cm³/mol. The first-order chi connectivity index (χ1) is 6.93. The molecule has 0 aliphatic rings. The predicted octanol–water partition coefficient (Wildman–Crippen LogP) is 0.0560. The van der Waals surface area contributed by atoms with E-state index < -0.39 is 23.4 Å². The van der Waals surface area contributed by atoms with E-state index in [4.69, 9.17) is 5.11 Å². The van der Waals surface area contributed by atoms with Crippen LogP contribution >= 0.6 is 15.9 Å². The number of aliphatic hydroxyl groups excluding tert-OH is 1. The largest absolute Gasteiger partial charge is 0.467 e. The molecule has 15 heavy (non-hydrogen) atoms. The Morgan fingerprint density at radius 1 is 1.47 bits per heavy atom. The molecule has 2 unspecified atom stereocenters. The van der Waals surface area contributed by atoms with Crippen LogP contribution in [0.25, 0.3) is 0 Å². The number of carbonyl (C=O) groups excluding carboxylic acids is 2. The molecule has 0 radical (unpaired) electrons. The van der Waals surface area contributed by atoms with Gasteiger partial charge in [0.15, 0.2) is 6.04 Å². The SMILES string of the molecule is COC(=O)C(CO)NC(=O)C(Br)C(C)C. The maximum absolute atomic E-state index is 11.5. The van der Waals surface area contributed by atoms with Crippen molar-refractivity contribution in [2.75, 3.05) is 13.7 Å². The molecule has 0 aliphatic carbocycles. The summed E-state index contributed by atoms with van der Waals surface area (Å²) >= 11 is 3.19. The van der Waals surface area contributed by atoms with Crippen molar-refractivity contribution in [3.05, 3.63) is 0 Å². The Labute approximate surface area is 97.3 Å². The summed E-state index contributed by atoms with van der Waals surface area (Å²) in [5.74, 6) is -0.897. The third kappa shape index (κ3) is 4.61. The lowest BCUT2D eigenvalue weighted by molar-refractivity contribution is -0.146. The molecule has 0 heterocycles. The molecule has 0 bridgehead atoms. The molecule has 0 aliphatic heterocycles. The van der Waals surface area contributed by atoms with E-state index >= 15 is 0 Å². The summed E-state index contributed by atoms with van der Waals surface area (Å²) in [5.41, 5.74) is 0. The van der Waals surface area contributed by atoms with Gasteiger partial charge in [-0.1, -0.05) is 29.8 Å². The fourth-order valence-electron chi connectivity index (χ4n) is 0.875. The number of nitrogens with one attached hydrogen (secondary N) is 1. The Kier molecular flexibility index (Phi) is 6.51. The summed E-state index contributed by atoms with van der Waals surface area (Å²) < 4.78 is 4.42. The van der Waals surface area contributed by atoms with E-state index in [1.54, 1.807) is 0 Å². The van der Waals surface area contributed by atoms with Crippen molar-refractivity contribution < 1.29 is 19.4 Å². The topological polar surface area (TPSA) is 75.6 Å². The molecular weight excluding hydrogens is 266 g/mol. The second-order valence-corrected chi connectivity index (χ2v) is 4.40. The fourth-order valence-corrected chi connectivity index (χ4v) is 1.01. The Morgan fingerprint density at radius 2 is 2.00 bits per heavy atom. The van der Waals surface area contributed by atoms with Crippen LogP contribution in [0.3, 0.4) is 0 Å². The van der Waals surface area contributed by atoms with Crippen molar-refractivity contribution in [1.82, 2.24) is 5.32 Å². The Bertz CT molecular complexity index is 232. The molecule has 1 amide bonds. The lowest BCUT2D eigenvalue weighted by Gasteiger charge is -2.18. The van der Waals surface area contributed by atoms with E-state index in [0.717, 1.165) is 0 Å². The minimum atomic E-state index is -0.999. The zero-order chi connectivity index (χ0) is 12.0. The average Bonchev–Trinajstić information content (AvgIpc) is 2.22. The lowest BCUT2D eigenvalue weighted by atomic mass is 10.1. The number of rotatable bonds is 5. The summed E-state index contributed by atoms with van der Waals surface area (Å²) in [5, 5.41) is 11.3. The molecule has 0 saturated carbocycles. The number of carbonyl (C=O) groups is 2. The number of esters is 1. The third-order valence-electron chi connectivity index (χ3n) is 1.82. The summed E-state index contributed by atoms with van der Waals surface area (Å²) in [4.78, 5) is 22.2. The Morgan fingerprint density at radius 3 is 2.33 bits per heavy atom. The molecule has 0 aromatic rings. The number of methoxy groups -OCH3 is 1. The van der Waals surface area contributed by atoms with Gasteiger partial charge in [-0.05, 0) is 5.92 Å². The van der Waals surface area contributed by atoms with Crippen LogP contribution < -0.4 is 5.32 Å². The van der Waals surface area contributed by atoms with Gasteiger partial charge in [0, 0.05) is 0 Å². The zero-order valence-electron chi connectivity index (χ0n) is 8.99. The van der Waals surface area contributed by atoms with Crippen LogP contribution in [-0.2, 0) is 14.3 Å². The number of ether oxygens (including phenoxy) is 1. The van der Waals surface area contributed by atoms with Crippen LogP contribution in [0.1, 0.15) is 13.8 Å². The van der Waals surface area contributed by atoms with Gasteiger partial charge in [-0.25, -0.2) is 4.79 Å². The van der Waals surface area contributed by atoms with E-state index in [1.807, 2.05) is 13.8 Å². The first kappa shape index (κ1) is 14.4. The van der Waals surface area contributed by atoms with Crippen molar-refractivity contribution in [2.24, 2.45) is 5.92 Å². The summed E-state index contributed by atoms with van der Waals surface area (Å²) in [6.45, 7) is 3.26. The first-order valence-electron chi connectivity index (χ1n) is 4.57. The van der Waals surface area contributed by atoms with Gasteiger partial charge in [-0.3, -0.25) is 4.79 Å². The van der Waals surface area contributed by atoms with Crippen LogP contribution in [0.15, 0.2) is 0 Å². The van der Waals surface area contributed by atoms with E-state index in [9.17, 15) is 9.59 Å². The Balaban J connectivity index is 4.30. The number of halogens is 1. The monoisotopic (exact) mass is 281 g/mol. The minimum absolute atomic E-state index is 0.0991. The van der Waals surface area contributed by atoms with Crippen LogP contribution in [0, 0.1) is 5.92 Å². The molecule has 0 rings (SSSR count). The first-order valence-corrected chi connectivity index (χ1v) is 5.48. The van der Waals surface area contributed by atoms with Gasteiger partial charge in [0.05, 0.1) is 18.5 Å². The molecule has 0 aromatic heterocycles. The van der Waals surface area contributed by atoms with E-state index in [0.29, 0.717) is 0 Å². The summed E-state index contributed by atoms with van der Waals surface area (Å²) in [7, 11) is 1.20. The maximum Gasteiger partial charge on any atom is 0.330 e. The van der Waals surface area contributed by atoms with Crippen LogP contribution in [-0.4, -0.2) is 41.6 Å². The highest BCUT2D eigenvalue weighted by molar-refractivity contribution is 9.10. The molecule has 0 fully saturated rings. The van der Waals surface area contributed by atoms with E-state index in [-0.39, 0.29) is 11.8 Å². The van der Waals surface area contributed by atoms with Crippen molar-refractivity contribution >= 4 is 27.8 Å². The molecule has 0 aromatic carbocycles. The van der Waals surface area contributed by atoms with Crippen LogP contribution in [0.4, 0.5) is 0 Å². The number of amides is 1. The second-order valence-electron chi connectivity index (χ2n) is 3.41. The van der Waals surface area contributed by atoms with E-state index in [2.05, 4.69) is 26.0 Å². The number of alkyl halides is 1. The van der Waals surface area contributed by atoms with E-state index in [1.165, 1.54) is 7.11 Å².